The standard InChI is InChI=1S/C15H16N2O2S/c1-9-4-7-11(14(18)16-9)15(19)17-13(10-5-6-10)12-3-2-8-20-12/h2-4,7-8,10,13H,5-6H2,1H3,(H,16,18)(H,17,19)/t13-/m0/s1. The molecule has 2 heterocycles. The van der Waals surface area contributed by atoms with Gasteiger partial charge < -0.3 is 10.3 Å². The predicted octanol–water partition coefficient (Wildman–Crippen LogP) is 2.63. The largest absolute Gasteiger partial charge is 0.344 e. The van der Waals surface area contributed by atoms with Crippen LogP contribution in [0, 0.1) is 12.8 Å². The second-order valence-electron chi connectivity index (χ2n) is 5.19. The zero-order valence-corrected chi connectivity index (χ0v) is 12.0. The number of hydrogen-bond donors (Lipinski definition) is 2. The van der Waals surface area contributed by atoms with Crippen LogP contribution in [0.1, 0.15) is 39.8 Å². The number of aryl methyl sites for hydroxylation is 1. The van der Waals surface area contributed by atoms with E-state index in [1.165, 1.54) is 0 Å². The number of aromatic amines is 1. The molecule has 0 spiro atoms. The first-order valence-electron chi connectivity index (χ1n) is 6.69. The average Bonchev–Trinajstić information content (AvgIpc) is 3.10. The summed E-state index contributed by atoms with van der Waals surface area (Å²) >= 11 is 1.64. The zero-order chi connectivity index (χ0) is 14.1. The third kappa shape index (κ3) is 2.67. The van der Waals surface area contributed by atoms with Crippen molar-refractivity contribution in [3.05, 3.63) is 56.1 Å². The molecule has 2 aromatic rings. The van der Waals surface area contributed by atoms with Crippen LogP contribution in [0.4, 0.5) is 0 Å². The number of hydrogen-bond acceptors (Lipinski definition) is 3. The first-order chi connectivity index (χ1) is 9.65. The number of nitrogens with one attached hydrogen (secondary N) is 2. The average molecular weight is 288 g/mol. The molecule has 4 nitrogen and oxygen atoms in total. The van der Waals surface area contributed by atoms with Gasteiger partial charge in [0.15, 0.2) is 0 Å². The Morgan fingerprint density at radius 3 is 2.80 bits per heavy atom. The number of aromatic nitrogens is 1. The van der Waals surface area contributed by atoms with Crippen LogP contribution in [0.5, 0.6) is 0 Å². The number of carbonyl (C=O) groups is 1. The summed E-state index contributed by atoms with van der Waals surface area (Å²) in [5.41, 5.74) is 0.601. The fraction of sp³-hybridized carbons (Fsp3) is 0.333. The highest BCUT2D eigenvalue weighted by Crippen LogP contribution is 2.42. The number of rotatable bonds is 4. The summed E-state index contributed by atoms with van der Waals surface area (Å²) in [5.74, 6) is 0.207. The van der Waals surface area contributed by atoms with Gasteiger partial charge in [-0.25, -0.2) is 0 Å². The predicted molar refractivity (Wildman–Crippen MR) is 79.0 cm³/mol. The summed E-state index contributed by atoms with van der Waals surface area (Å²) in [6.45, 7) is 1.79. The highest BCUT2D eigenvalue weighted by molar-refractivity contribution is 7.10. The minimum absolute atomic E-state index is 0.0307. The van der Waals surface area contributed by atoms with Gasteiger partial charge in [0.25, 0.3) is 11.5 Å². The molecule has 1 amide bonds. The van der Waals surface area contributed by atoms with E-state index in [1.807, 2.05) is 17.5 Å². The second kappa shape index (κ2) is 5.25. The maximum absolute atomic E-state index is 12.3. The monoisotopic (exact) mass is 288 g/mol. The van der Waals surface area contributed by atoms with Gasteiger partial charge in [-0.1, -0.05) is 6.07 Å². The maximum Gasteiger partial charge on any atom is 0.260 e. The van der Waals surface area contributed by atoms with Crippen molar-refractivity contribution in [3.63, 3.8) is 0 Å². The van der Waals surface area contributed by atoms with E-state index >= 15 is 0 Å². The molecule has 0 aromatic carbocycles. The Kier molecular flexibility index (Phi) is 3.44. The van der Waals surface area contributed by atoms with Crippen LogP contribution in [0.25, 0.3) is 0 Å². The van der Waals surface area contributed by atoms with E-state index in [-0.39, 0.29) is 23.1 Å². The van der Waals surface area contributed by atoms with Crippen LogP contribution in [0.15, 0.2) is 34.4 Å². The van der Waals surface area contributed by atoms with Crippen LogP contribution in [-0.2, 0) is 0 Å². The van der Waals surface area contributed by atoms with E-state index in [0.29, 0.717) is 5.92 Å². The second-order valence-corrected chi connectivity index (χ2v) is 6.17. The molecule has 3 rings (SSSR count). The van der Waals surface area contributed by atoms with Crippen LogP contribution in [0.2, 0.25) is 0 Å². The Labute approximate surface area is 120 Å². The molecule has 2 N–H and O–H groups in total. The van der Waals surface area contributed by atoms with E-state index in [1.54, 1.807) is 30.4 Å². The summed E-state index contributed by atoms with van der Waals surface area (Å²) in [7, 11) is 0. The molecule has 104 valence electrons. The third-order valence-corrected chi connectivity index (χ3v) is 4.49. The van der Waals surface area contributed by atoms with E-state index < -0.39 is 0 Å². The summed E-state index contributed by atoms with van der Waals surface area (Å²) < 4.78 is 0. The number of amides is 1. The van der Waals surface area contributed by atoms with Crippen LogP contribution < -0.4 is 10.9 Å². The molecule has 1 aliphatic carbocycles. The van der Waals surface area contributed by atoms with Gasteiger partial charge in [-0.05, 0) is 49.3 Å². The van der Waals surface area contributed by atoms with Gasteiger partial charge in [-0.3, -0.25) is 9.59 Å². The third-order valence-electron chi connectivity index (χ3n) is 3.53. The lowest BCUT2D eigenvalue weighted by Crippen LogP contribution is -2.33. The lowest BCUT2D eigenvalue weighted by molar-refractivity contribution is 0.0931. The number of pyridine rings is 1. The van der Waals surface area contributed by atoms with Gasteiger partial charge in [0, 0.05) is 10.6 Å². The first-order valence-corrected chi connectivity index (χ1v) is 7.57. The van der Waals surface area contributed by atoms with Crippen molar-refractivity contribution < 1.29 is 4.79 Å². The fourth-order valence-electron chi connectivity index (χ4n) is 2.29. The van der Waals surface area contributed by atoms with Gasteiger partial charge in [0.1, 0.15) is 5.56 Å². The summed E-state index contributed by atoms with van der Waals surface area (Å²) in [6, 6.07) is 7.38. The molecule has 1 saturated carbocycles. The van der Waals surface area contributed by atoms with E-state index in [4.69, 9.17) is 0 Å². The topological polar surface area (TPSA) is 62.0 Å². The number of carbonyl (C=O) groups excluding carboxylic acids is 1. The molecule has 0 radical (unpaired) electrons. The van der Waals surface area contributed by atoms with Gasteiger partial charge in [-0.15, -0.1) is 11.3 Å². The van der Waals surface area contributed by atoms with Crippen LogP contribution in [-0.4, -0.2) is 10.9 Å². The maximum atomic E-state index is 12.3. The first kappa shape index (κ1) is 13.1. The molecule has 0 bridgehead atoms. The molecular weight excluding hydrogens is 272 g/mol. The summed E-state index contributed by atoms with van der Waals surface area (Å²) in [4.78, 5) is 27.9. The minimum Gasteiger partial charge on any atom is -0.344 e. The van der Waals surface area contributed by atoms with Crippen molar-refractivity contribution in [3.8, 4) is 0 Å². The van der Waals surface area contributed by atoms with E-state index in [0.717, 1.165) is 23.4 Å². The molecule has 0 saturated heterocycles. The normalized spacial score (nSPS) is 15.8. The molecule has 20 heavy (non-hydrogen) atoms. The smallest absolute Gasteiger partial charge is 0.260 e. The molecule has 1 atom stereocenters. The molecule has 1 fully saturated rings. The van der Waals surface area contributed by atoms with Crippen molar-refractivity contribution >= 4 is 17.2 Å². The van der Waals surface area contributed by atoms with Crippen molar-refractivity contribution in [1.29, 1.82) is 0 Å². The van der Waals surface area contributed by atoms with Crippen molar-refractivity contribution in [2.75, 3.05) is 0 Å². The van der Waals surface area contributed by atoms with Crippen molar-refractivity contribution in [2.45, 2.75) is 25.8 Å². The molecular formula is C15H16N2O2S. The lowest BCUT2D eigenvalue weighted by Gasteiger charge is -2.16. The fourth-order valence-corrected chi connectivity index (χ4v) is 3.16. The van der Waals surface area contributed by atoms with Gasteiger partial charge in [0.2, 0.25) is 0 Å². The Hall–Kier alpha value is -1.88. The number of H-pyrrole nitrogens is 1. The lowest BCUT2D eigenvalue weighted by atomic mass is 10.1. The number of thiophene rings is 1. The quantitative estimate of drug-likeness (QED) is 0.908. The molecule has 2 aromatic heterocycles. The minimum atomic E-state index is -0.330. The van der Waals surface area contributed by atoms with Crippen LogP contribution in [0.3, 0.4) is 0 Å². The molecule has 0 aliphatic heterocycles. The van der Waals surface area contributed by atoms with Crippen molar-refractivity contribution in [2.24, 2.45) is 5.92 Å². The molecule has 0 unspecified atom stereocenters. The van der Waals surface area contributed by atoms with Crippen molar-refractivity contribution in [1.82, 2.24) is 10.3 Å². The Balaban J connectivity index is 1.82. The summed E-state index contributed by atoms with van der Waals surface area (Å²) in [5, 5.41) is 5.02. The Morgan fingerprint density at radius 2 is 2.20 bits per heavy atom. The Bertz CT molecular complexity index is 671. The molecule has 1 aliphatic rings. The Morgan fingerprint density at radius 1 is 1.40 bits per heavy atom. The van der Waals surface area contributed by atoms with Gasteiger partial charge >= 0.3 is 0 Å². The molecule has 5 heteroatoms. The van der Waals surface area contributed by atoms with Gasteiger partial charge in [-0.2, -0.15) is 0 Å². The SMILES string of the molecule is Cc1ccc(C(=O)N[C@H](c2cccs2)C2CC2)c(=O)[nH]1. The highest BCUT2D eigenvalue weighted by atomic mass is 32.1. The summed E-state index contributed by atoms with van der Waals surface area (Å²) in [6.07, 6.45) is 2.26. The zero-order valence-electron chi connectivity index (χ0n) is 11.2. The van der Waals surface area contributed by atoms with E-state index in [2.05, 4.69) is 10.3 Å². The van der Waals surface area contributed by atoms with Crippen LogP contribution >= 0.6 is 11.3 Å². The van der Waals surface area contributed by atoms with E-state index in [9.17, 15) is 9.59 Å². The highest BCUT2D eigenvalue weighted by Gasteiger charge is 2.34. The van der Waals surface area contributed by atoms with Gasteiger partial charge in [0.05, 0.1) is 6.04 Å².